The van der Waals surface area contributed by atoms with Crippen molar-refractivity contribution in [3.63, 3.8) is 0 Å². The van der Waals surface area contributed by atoms with Crippen molar-refractivity contribution in [2.75, 3.05) is 31.6 Å². The lowest BCUT2D eigenvalue weighted by Crippen LogP contribution is -2.35. The molecule has 1 saturated heterocycles. The number of carbonyl (C=O) groups is 1. The molecule has 0 aliphatic carbocycles. The molecule has 0 atom stereocenters. The molecule has 140 valence electrons. The van der Waals surface area contributed by atoms with E-state index in [1.54, 1.807) is 0 Å². The van der Waals surface area contributed by atoms with Gasteiger partial charge in [0.15, 0.2) is 11.2 Å². The Morgan fingerprint density at radius 2 is 2.00 bits per heavy atom. The molecular formula is C21H25N4O2+. The minimum absolute atomic E-state index is 0.141. The van der Waals surface area contributed by atoms with Crippen LogP contribution in [0.2, 0.25) is 0 Å². The number of nitrogens with zero attached hydrogens (tertiary/aromatic N) is 2. The molecular weight excluding hydrogens is 340 g/mol. The predicted molar refractivity (Wildman–Crippen MR) is 104 cm³/mol. The maximum atomic E-state index is 13.0. The lowest BCUT2D eigenvalue weighted by atomic mass is 10.1. The van der Waals surface area contributed by atoms with Crippen molar-refractivity contribution in [1.82, 2.24) is 9.88 Å². The molecule has 4 rings (SSSR count). The van der Waals surface area contributed by atoms with Crippen molar-refractivity contribution in [3.8, 4) is 0 Å². The number of aromatic nitrogens is 2. The monoisotopic (exact) mass is 365 g/mol. The van der Waals surface area contributed by atoms with Gasteiger partial charge in [-0.3, -0.25) is 9.69 Å². The van der Waals surface area contributed by atoms with Gasteiger partial charge in [-0.05, 0) is 43.2 Å². The fraction of sp³-hybridized carbons (Fsp3) is 0.333. The maximum absolute atomic E-state index is 13.0. The fourth-order valence-corrected chi connectivity index (χ4v) is 3.49. The number of hydrogen-bond acceptors (Lipinski definition) is 3. The van der Waals surface area contributed by atoms with E-state index in [0.717, 1.165) is 60.9 Å². The Morgan fingerprint density at radius 3 is 2.81 bits per heavy atom. The van der Waals surface area contributed by atoms with E-state index in [-0.39, 0.29) is 5.91 Å². The zero-order valence-electron chi connectivity index (χ0n) is 15.8. The van der Waals surface area contributed by atoms with Crippen LogP contribution in [0.3, 0.4) is 0 Å². The SMILES string of the molecule is Cc1cccc(NC(=O)c2[nH]c(CN3CCOCC3)c3cccc[n+]23)c1C. The lowest BCUT2D eigenvalue weighted by molar-refractivity contribution is -0.514. The summed E-state index contributed by atoms with van der Waals surface area (Å²) in [6, 6.07) is 11.9. The number of ether oxygens (including phenoxy) is 1. The van der Waals surface area contributed by atoms with Gasteiger partial charge in [0, 0.05) is 18.8 Å². The van der Waals surface area contributed by atoms with Gasteiger partial charge >= 0.3 is 11.7 Å². The number of hydrogen-bond donors (Lipinski definition) is 2. The lowest BCUT2D eigenvalue weighted by Gasteiger charge is -2.25. The number of fused-ring (bicyclic) bond motifs is 1. The number of imidazole rings is 1. The summed E-state index contributed by atoms with van der Waals surface area (Å²) in [4.78, 5) is 18.7. The van der Waals surface area contributed by atoms with E-state index >= 15 is 0 Å². The molecule has 2 N–H and O–H groups in total. The molecule has 27 heavy (non-hydrogen) atoms. The second-order valence-corrected chi connectivity index (χ2v) is 7.00. The Bertz CT molecular complexity index is 973. The van der Waals surface area contributed by atoms with Crippen LogP contribution in [0.5, 0.6) is 0 Å². The molecule has 2 aromatic heterocycles. The molecule has 1 amide bonds. The average Bonchev–Trinajstić information content (AvgIpc) is 3.05. The van der Waals surface area contributed by atoms with Gasteiger partial charge in [-0.2, -0.15) is 4.40 Å². The Hall–Kier alpha value is -2.70. The molecule has 1 aliphatic heterocycles. The number of morpholine rings is 1. The van der Waals surface area contributed by atoms with Crippen LogP contribution < -0.4 is 9.72 Å². The van der Waals surface area contributed by atoms with Crippen molar-refractivity contribution in [1.29, 1.82) is 0 Å². The number of aromatic amines is 1. The number of rotatable bonds is 4. The highest BCUT2D eigenvalue weighted by molar-refractivity contribution is 6.01. The summed E-state index contributed by atoms with van der Waals surface area (Å²) in [6.45, 7) is 8.16. The van der Waals surface area contributed by atoms with Crippen LogP contribution in [0.1, 0.15) is 27.4 Å². The summed E-state index contributed by atoms with van der Waals surface area (Å²) in [5.41, 5.74) is 5.15. The number of anilines is 1. The van der Waals surface area contributed by atoms with E-state index in [1.165, 1.54) is 0 Å². The van der Waals surface area contributed by atoms with Crippen molar-refractivity contribution >= 4 is 17.1 Å². The summed E-state index contributed by atoms with van der Waals surface area (Å²) in [5.74, 6) is 0.396. The highest BCUT2D eigenvalue weighted by Gasteiger charge is 2.26. The Kier molecular flexibility index (Phi) is 4.92. The number of pyridine rings is 1. The molecule has 0 unspecified atom stereocenters. The van der Waals surface area contributed by atoms with Gasteiger partial charge in [-0.15, -0.1) is 0 Å². The number of aryl methyl sites for hydroxylation is 1. The van der Waals surface area contributed by atoms with Crippen LogP contribution in [-0.4, -0.2) is 42.1 Å². The first-order valence-electron chi connectivity index (χ1n) is 9.32. The quantitative estimate of drug-likeness (QED) is 0.698. The number of nitrogens with one attached hydrogen (secondary N) is 2. The van der Waals surface area contributed by atoms with Crippen LogP contribution in [0, 0.1) is 13.8 Å². The molecule has 3 heterocycles. The number of H-pyrrole nitrogens is 1. The Labute approximate surface area is 158 Å². The van der Waals surface area contributed by atoms with E-state index in [9.17, 15) is 4.79 Å². The van der Waals surface area contributed by atoms with Crippen LogP contribution in [-0.2, 0) is 11.3 Å². The second-order valence-electron chi connectivity index (χ2n) is 7.00. The summed E-state index contributed by atoms with van der Waals surface area (Å²) in [6.07, 6.45) is 1.92. The molecule has 0 radical (unpaired) electrons. The molecule has 1 aromatic carbocycles. The number of benzene rings is 1. The molecule has 1 fully saturated rings. The topological polar surface area (TPSA) is 61.5 Å². The third-order valence-electron chi connectivity index (χ3n) is 5.23. The third kappa shape index (κ3) is 3.59. The summed E-state index contributed by atoms with van der Waals surface area (Å²) >= 11 is 0. The zero-order valence-corrected chi connectivity index (χ0v) is 15.8. The van der Waals surface area contributed by atoms with Gasteiger partial charge in [-0.25, -0.2) is 4.98 Å². The standard InChI is InChI=1S/C21H24N4O2/c1-15-6-5-7-17(16(15)2)23-21(26)20-22-18(14-24-10-12-27-13-11-24)19-8-3-4-9-25(19)20/h3-9H,10-14H2,1-2H3,(H,23,26)/p+1. The van der Waals surface area contributed by atoms with Crippen molar-refractivity contribution in [2.24, 2.45) is 0 Å². The molecule has 3 aromatic rings. The normalized spacial score (nSPS) is 15.2. The van der Waals surface area contributed by atoms with Gasteiger partial charge < -0.3 is 10.1 Å². The van der Waals surface area contributed by atoms with Gasteiger partial charge in [0.1, 0.15) is 0 Å². The first kappa shape index (κ1) is 17.7. The summed E-state index contributed by atoms with van der Waals surface area (Å²) in [7, 11) is 0. The van der Waals surface area contributed by atoms with Crippen LogP contribution >= 0.6 is 0 Å². The maximum Gasteiger partial charge on any atom is 0.351 e. The molecule has 0 saturated carbocycles. The summed E-state index contributed by atoms with van der Waals surface area (Å²) in [5, 5.41) is 3.05. The van der Waals surface area contributed by atoms with E-state index in [4.69, 9.17) is 4.74 Å². The minimum atomic E-state index is -0.141. The van der Waals surface area contributed by atoms with Gasteiger partial charge in [0.25, 0.3) is 0 Å². The smallest absolute Gasteiger partial charge is 0.351 e. The third-order valence-corrected chi connectivity index (χ3v) is 5.23. The van der Waals surface area contributed by atoms with Crippen LogP contribution in [0.4, 0.5) is 5.69 Å². The fourth-order valence-electron chi connectivity index (χ4n) is 3.49. The average molecular weight is 365 g/mol. The molecule has 6 nitrogen and oxygen atoms in total. The predicted octanol–water partition coefficient (Wildman–Crippen LogP) is 2.45. The van der Waals surface area contributed by atoms with E-state index in [0.29, 0.717) is 5.82 Å². The van der Waals surface area contributed by atoms with Gasteiger partial charge in [-0.1, -0.05) is 18.2 Å². The van der Waals surface area contributed by atoms with E-state index < -0.39 is 0 Å². The largest absolute Gasteiger partial charge is 0.379 e. The van der Waals surface area contributed by atoms with Crippen LogP contribution in [0.25, 0.3) is 5.52 Å². The second kappa shape index (κ2) is 7.50. The number of amides is 1. The first-order valence-corrected chi connectivity index (χ1v) is 9.32. The molecule has 1 aliphatic rings. The van der Waals surface area contributed by atoms with E-state index in [1.807, 2.05) is 60.8 Å². The van der Waals surface area contributed by atoms with Gasteiger partial charge in [0.2, 0.25) is 0 Å². The minimum Gasteiger partial charge on any atom is -0.379 e. The first-order chi connectivity index (χ1) is 13.1. The van der Waals surface area contributed by atoms with Crippen molar-refractivity contribution in [2.45, 2.75) is 20.4 Å². The van der Waals surface area contributed by atoms with Crippen molar-refractivity contribution < 1.29 is 13.9 Å². The van der Waals surface area contributed by atoms with Crippen molar-refractivity contribution in [3.05, 3.63) is 65.2 Å². The van der Waals surface area contributed by atoms with E-state index in [2.05, 4.69) is 15.2 Å². The Morgan fingerprint density at radius 1 is 1.19 bits per heavy atom. The number of carbonyl (C=O) groups excluding carboxylic acids is 1. The zero-order chi connectivity index (χ0) is 18.8. The summed E-state index contributed by atoms with van der Waals surface area (Å²) < 4.78 is 7.36. The molecule has 0 spiro atoms. The highest BCUT2D eigenvalue weighted by atomic mass is 16.5. The van der Waals surface area contributed by atoms with Gasteiger partial charge in [0.05, 0.1) is 26.0 Å². The molecule has 6 heteroatoms. The molecule has 0 bridgehead atoms. The Balaban J connectivity index is 1.64. The highest BCUT2D eigenvalue weighted by Crippen LogP contribution is 2.19. The van der Waals surface area contributed by atoms with Crippen LogP contribution in [0.15, 0.2) is 42.6 Å².